The zero-order chi connectivity index (χ0) is 14.1. The zero-order valence-electron chi connectivity index (χ0n) is 11.8. The van der Waals surface area contributed by atoms with E-state index in [1.54, 1.807) is 34.0 Å². The topological polar surface area (TPSA) is 38.7 Å². The van der Waals surface area contributed by atoms with Crippen LogP contribution in [-0.2, 0) is 0 Å². The van der Waals surface area contributed by atoms with Crippen molar-refractivity contribution in [1.82, 2.24) is 15.0 Å². The van der Waals surface area contributed by atoms with Crippen LogP contribution in [0.5, 0.6) is 0 Å². The molecular formula is C15H9N3NaS3. The van der Waals surface area contributed by atoms with Crippen LogP contribution in [0.4, 0.5) is 0 Å². The van der Waals surface area contributed by atoms with Crippen LogP contribution in [0.15, 0.2) is 52.5 Å². The molecule has 0 aliphatic heterocycles. The first-order valence-electron chi connectivity index (χ1n) is 6.28. The van der Waals surface area contributed by atoms with Gasteiger partial charge in [-0.05, 0) is 34.3 Å². The Labute approximate surface area is 162 Å². The van der Waals surface area contributed by atoms with Gasteiger partial charge in [-0.2, -0.15) is 0 Å². The van der Waals surface area contributed by atoms with Crippen molar-refractivity contribution in [2.75, 3.05) is 0 Å². The second-order valence-corrected chi connectivity index (χ2v) is 7.08. The van der Waals surface area contributed by atoms with E-state index in [2.05, 4.69) is 15.0 Å². The van der Waals surface area contributed by atoms with Crippen molar-refractivity contribution in [1.29, 1.82) is 0 Å². The monoisotopic (exact) mass is 350 g/mol. The Morgan fingerprint density at radius 1 is 0.545 bits per heavy atom. The third-order valence-corrected chi connectivity index (χ3v) is 5.46. The van der Waals surface area contributed by atoms with E-state index in [9.17, 15) is 0 Å². The molecule has 22 heavy (non-hydrogen) atoms. The summed E-state index contributed by atoms with van der Waals surface area (Å²) >= 11 is 4.93. The van der Waals surface area contributed by atoms with Gasteiger partial charge in [0.1, 0.15) is 0 Å². The van der Waals surface area contributed by atoms with E-state index in [0.29, 0.717) is 0 Å². The van der Waals surface area contributed by atoms with Gasteiger partial charge in [0.2, 0.25) is 0 Å². The fourth-order valence-electron chi connectivity index (χ4n) is 1.92. The summed E-state index contributed by atoms with van der Waals surface area (Å²) in [6.07, 6.45) is 0. The molecule has 0 atom stereocenters. The van der Waals surface area contributed by atoms with Crippen LogP contribution in [-0.4, -0.2) is 44.5 Å². The van der Waals surface area contributed by atoms with E-state index >= 15 is 0 Å². The molecule has 0 bridgehead atoms. The molecule has 103 valence electrons. The molecule has 0 N–H and O–H groups in total. The number of hydrogen-bond acceptors (Lipinski definition) is 6. The maximum atomic E-state index is 4.63. The van der Waals surface area contributed by atoms with Gasteiger partial charge < -0.3 is 0 Å². The van der Waals surface area contributed by atoms with E-state index in [-0.39, 0.29) is 29.6 Å². The van der Waals surface area contributed by atoms with Gasteiger partial charge in [-0.15, -0.1) is 34.0 Å². The second-order valence-electron chi connectivity index (χ2n) is 4.24. The molecule has 4 aromatic rings. The fourth-order valence-corrected chi connectivity index (χ4v) is 3.90. The summed E-state index contributed by atoms with van der Waals surface area (Å²) in [6, 6.07) is 12.2. The smallest absolute Gasteiger partial charge is 0.174 e. The molecule has 0 aliphatic carbocycles. The summed E-state index contributed by atoms with van der Waals surface area (Å²) < 4.78 is 0. The van der Waals surface area contributed by atoms with E-state index in [1.807, 2.05) is 52.5 Å². The third-order valence-electron chi connectivity index (χ3n) is 2.86. The molecule has 7 heteroatoms. The summed E-state index contributed by atoms with van der Waals surface area (Å²) in [5.74, 6) is 2.23. The molecule has 4 rings (SSSR count). The first-order valence-corrected chi connectivity index (χ1v) is 8.92. The van der Waals surface area contributed by atoms with Crippen molar-refractivity contribution < 1.29 is 0 Å². The molecule has 0 fully saturated rings. The van der Waals surface area contributed by atoms with Crippen LogP contribution in [0.1, 0.15) is 0 Å². The maximum absolute atomic E-state index is 4.63. The van der Waals surface area contributed by atoms with Gasteiger partial charge in [-0.1, -0.05) is 18.2 Å². The van der Waals surface area contributed by atoms with Crippen LogP contribution in [0, 0.1) is 0 Å². The fraction of sp³-hybridized carbons (Fsp3) is 0. The van der Waals surface area contributed by atoms with E-state index in [4.69, 9.17) is 0 Å². The SMILES string of the molecule is [Na].c1csc(-c2nc(-c3cccs3)nc(-c3cccs3)n2)c1. The predicted octanol–water partition coefficient (Wildman–Crippen LogP) is 4.68. The zero-order valence-corrected chi connectivity index (χ0v) is 16.2. The Balaban J connectivity index is 0.00000144. The number of thiophene rings is 3. The van der Waals surface area contributed by atoms with Crippen LogP contribution < -0.4 is 0 Å². The molecule has 0 amide bonds. The minimum absolute atomic E-state index is 0. The third kappa shape index (κ3) is 3.22. The summed E-state index contributed by atoms with van der Waals surface area (Å²) in [4.78, 5) is 17.1. The molecule has 0 aromatic carbocycles. The summed E-state index contributed by atoms with van der Waals surface area (Å²) in [7, 11) is 0. The van der Waals surface area contributed by atoms with Crippen molar-refractivity contribution >= 4 is 63.6 Å². The van der Waals surface area contributed by atoms with Gasteiger partial charge in [0.15, 0.2) is 17.5 Å². The van der Waals surface area contributed by atoms with Crippen LogP contribution in [0.3, 0.4) is 0 Å². The Morgan fingerprint density at radius 2 is 0.864 bits per heavy atom. The molecule has 0 unspecified atom stereocenters. The van der Waals surface area contributed by atoms with E-state index < -0.39 is 0 Å². The van der Waals surface area contributed by atoms with Crippen LogP contribution in [0.2, 0.25) is 0 Å². The molecule has 0 saturated heterocycles. The van der Waals surface area contributed by atoms with Crippen LogP contribution >= 0.6 is 34.0 Å². The number of nitrogens with zero attached hydrogens (tertiary/aromatic N) is 3. The van der Waals surface area contributed by atoms with Gasteiger partial charge in [-0.3, -0.25) is 0 Å². The van der Waals surface area contributed by atoms with Crippen molar-refractivity contribution in [3.8, 4) is 32.1 Å². The Morgan fingerprint density at radius 3 is 1.09 bits per heavy atom. The Kier molecular flexibility index (Phi) is 5.18. The van der Waals surface area contributed by atoms with Gasteiger partial charge in [0, 0.05) is 29.6 Å². The van der Waals surface area contributed by atoms with Crippen LogP contribution in [0.25, 0.3) is 32.1 Å². The standard InChI is InChI=1S/C15H9N3S3.Na/c1-4-10(19-7-1)13-16-14(11-5-2-8-20-11)18-15(17-13)12-6-3-9-21-12;/h1-9H;. The maximum Gasteiger partial charge on any atom is 0.174 e. The first-order chi connectivity index (χ1) is 10.4. The first kappa shape index (κ1) is 16.0. The minimum atomic E-state index is 0. The number of rotatable bonds is 3. The number of aromatic nitrogens is 3. The van der Waals surface area contributed by atoms with Crippen molar-refractivity contribution in [2.45, 2.75) is 0 Å². The largest absolute Gasteiger partial charge is 0.206 e. The average Bonchev–Trinajstić information content (AvgIpc) is 3.29. The van der Waals surface area contributed by atoms with E-state index in [0.717, 1.165) is 32.1 Å². The predicted molar refractivity (Wildman–Crippen MR) is 95.5 cm³/mol. The normalized spacial score (nSPS) is 10.4. The van der Waals surface area contributed by atoms with Gasteiger partial charge in [-0.25, -0.2) is 15.0 Å². The summed E-state index contributed by atoms with van der Waals surface area (Å²) in [5, 5.41) is 6.11. The molecule has 0 aliphatic rings. The summed E-state index contributed by atoms with van der Waals surface area (Å²) in [5.41, 5.74) is 0. The van der Waals surface area contributed by atoms with Crippen molar-refractivity contribution in [2.24, 2.45) is 0 Å². The molecule has 4 aromatic heterocycles. The minimum Gasteiger partial charge on any atom is -0.206 e. The van der Waals surface area contributed by atoms with Gasteiger partial charge in [0.05, 0.1) is 14.6 Å². The molecule has 1 radical (unpaired) electrons. The van der Waals surface area contributed by atoms with Gasteiger partial charge >= 0.3 is 0 Å². The molecule has 4 heterocycles. The Bertz CT molecular complexity index is 713. The molecule has 0 spiro atoms. The van der Waals surface area contributed by atoms with Gasteiger partial charge in [0.25, 0.3) is 0 Å². The van der Waals surface area contributed by atoms with E-state index in [1.165, 1.54) is 0 Å². The van der Waals surface area contributed by atoms with Crippen molar-refractivity contribution in [3.05, 3.63) is 52.5 Å². The molecule has 3 nitrogen and oxygen atoms in total. The molecular weight excluding hydrogens is 341 g/mol. The second kappa shape index (κ2) is 7.12. The molecule has 0 saturated carbocycles. The summed E-state index contributed by atoms with van der Waals surface area (Å²) in [6.45, 7) is 0. The van der Waals surface area contributed by atoms with Crippen molar-refractivity contribution in [3.63, 3.8) is 0 Å². The Hall–Kier alpha value is -0.890. The average molecular weight is 350 g/mol. The quantitative estimate of drug-likeness (QED) is 0.504. The number of hydrogen-bond donors (Lipinski definition) is 0.